The van der Waals surface area contributed by atoms with Gasteiger partial charge in [-0.05, 0) is 26.0 Å². The maximum absolute atomic E-state index is 4.14. The van der Waals surface area contributed by atoms with Crippen molar-refractivity contribution in [2.75, 3.05) is 5.32 Å². The zero-order valence-corrected chi connectivity index (χ0v) is 8.86. The van der Waals surface area contributed by atoms with Gasteiger partial charge in [0.15, 0.2) is 0 Å². The van der Waals surface area contributed by atoms with Crippen LogP contribution in [0.3, 0.4) is 0 Å². The molecule has 0 saturated carbocycles. The molecule has 0 radical (unpaired) electrons. The van der Waals surface area contributed by atoms with Crippen molar-refractivity contribution in [2.24, 2.45) is 0 Å². The van der Waals surface area contributed by atoms with Crippen LogP contribution < -0.4 is 5.32 Å². The molecule has 0 saturated heterocycles. The minimum atomic E-state index is 0.825. The van der Waals surface area contributed by atoms with Crippen LogP contribution in [0.1, 0.15) is 11.3 Å². The number of rotatable bonds is 2. The number of aryl methyl sites for hydroxylation is 2. The molecule has 0 aliphatic rings. The zero-order valence-electron chi connectivity index (χ0n) is 8.86. The van der Waals surface area contributed by atoms with Crippen molar-refractivity contribution in [3.63, 3.8) is 0 Å². The van der Waals surface area contributed by atoms with Gasteiger partial charge in [-0.15, -0.1) is 0 Å². The van der Waals surface area contributed by atoms with E-state index in [9.17, 15) is 0 Å². The first-order chi connectivity index (χ1) is 7.24. The van der Waals surface area contributed by atoms with Gasteiger partial charge in [-0.1, -0.05) is 17.7 Å². The molecule has 2 rings (SSSR count). The van der Waals surface area contributed by atoms with Crippen LogP contribution in [0.15, 0.2) is 36.7 Å². The maximum Gasteiger partial charge on any atom is 0.133 e. The minimum Gasteiger partial charge on any atom is -0.340 e. The van der Waals surface area contributed by atoms with Crippen molar-refractivity contribution in [1.29, 1.82) is 0 Å². The molecule has 2 aromatic rings. The summed E-state index contributed by atoms with van der Waals surface area (Å²) >= 11 is 0. The molecule has 1 heterocycles. The fourth-order valence-electron chi connectivity index (χ4n) is 1.31. The van der Waals surface area contributed by atoms with Crippen LogP contribution in [-0.2, 0) is 0 Å². The fraction of sp³-hybridized carbons (Fsp3) is 0.167. The second kappa shape index (κ2) is 4.09. The Balaban J connectivity index is 2.18. The average molecular weight is 199 g/mol. The lowest BCUT2D eigenvalue weighted by Gasteiger charge is -2.05. The SMILES string of the molecule is Cc1ccc(Nc2cc(C)ncn2)cc1. The largest absolute Gasteiger partial charge is 0.340 e. The van der Waals surface area contributed by atoms with Crippen LogP contribution in [0.2, 0.25) is 0 Å². The Bertz CT molecular complexity index is 449. The predicted molar refractivity (Wildman–Crippen MR) is 61.2 cm³/mol. The van der Waals surface area contributed by atoms with Crippen LogP contribution in [0.5, 0.6) is 0 Å². The Hall–Kier alpha value is -1.90. The summed E-state index contributed by atoms with van der Waals surface area (Å²) in [6, 6.07) is 10.1. The highest BCUT2D eigenvalue weighted by Gasteiger charge is 1.95. The van der Waals surface area contributed by atoms with E-state index < -0.39 is 0 Å². The molecule has 1 N–H and O–H groups in total. The molecule has 76 valence electrons. The quantitative estimate of drug-likeness (QED) is 0.808. The molecule has 0 aliphatic heterocycles. The van der Waals surface area contributed by atoms with Gasteiger partial charge in [-0.25, -0.2) is 9.97 Å². The van der Waals surface area contributed by atoms with E-state index in [2.05, 4.69) is 34.3 Å². The van der Waals surface area contributed by atoms with Gasteiger partial charge in [0.25, 0.3) is 0 Å². The van der Waals surface area contributed by atoms with Gasteiger partial charge in [-0.2, -0.15) is 0 Å². The Morgan fingerprint density at radius 3 is 2.40 bits per heavy atom. The van der Waals surface area contributed by atoms with Crippen LogP contribution in [0, 0.1) is 13.8 Å². The van der Waals surface area contributed by atoms with E-state index in [1.165, 1.54) is 5.56 Å². The molecule has 1 aromatic carbocycles. The first-order valence-corrected chi connectivity index (χ1v) is 4.86. The monoisotopic (exact) mass is 199 g/mol. The molecule has 0 bridgehead atoms. The summed E-state index contributed by atoms with van der Waals surface area (Å²) in [6.07, 6.45) is 1.56. The van der Waals surface area contributed by atoms with E-state index in [4.69, 9.17) is 0 Å². The van der Waals surface area contributed by atoms with Gasteiger partial charge >= 0.3 is 0 Å². The first kappa shape index (κ1) is 9.65. The topological polar surface area (TPSA) is 37.8 Å². The highest BCUT2D eigenvalue weighted by Crippen LogP contribution is 2.14. The number of hydrogen-bond acceptors (Lipinski definition) is 3. The average Bonchev–Trinajstić information content (AvgIpc) is 2.22. The van der Waals surface area contributed by atoms with E-state index in [1.807, 2.05) is 25.1 Å². The number of nitrogens with one attached hydrogen (secondary N) is 1. The highest BCUT2D eigenvalue weighted by molar-refractivity contribution is 5.56. The molecule has 3 heteroatoms. The van der Waals surface area contributed by atoms with Crippen molar-refractivity contribution in [3.05, 3.63) is 47.9 Å². The highest BCUT2D eigenvalue weighted by atomic mass is 15.0. The Morgan fingerprint density at radius 1 is 1.00 bits per heavy atom. The van der Waals surface area contributed by atoms with Gasteiger partial charge in [0.05, 0.1) is 0 Å². The molecular weight excluding hydrogens is 186 g/mol. The summed E-state index contributed by atoms with van der Waals surface area (Å²) in [5, 5.41) is 3.22. The number of benzene rings is 1. The van der Waals surface area contributed by atoms with E-state index >= 15 is 0 Å². The maximum atomic E-state index is 4.14. The standard InChI is InChI=1S/C12H13N3/c1-9-3-5-11(6-4-9)15-12-7-10(2)13-8-14-12/h3-8H,1-2H3,(H,13,14,15). The van der Waals surface area contributed by atoms with Crippen molar-refractivity contribution in [2.45, 2.75) is 13.8 Å². The van der Waals surface area contributed by atoms with Crippen LogP contribution in [-0.4, -0.2) is 9.97 Å². The third-order valence-electron chi connectivity index (χ3n) is 2.13. The van der Waals surface area contributed by atoms with Gasteiger partial charge in [0.1, 0.15) is 12.1 Å². The Morgan fingerprint density at radius 2 is 1.73 bits per heavy atom. The lowest BCUT2D eigenvalue weighted by molar-refractivity contribution is 1.10. The molecule has 0 aliphatic carbocycles. The number of nitrogens with zero attached hydrogens (tertiary/aromatic N) is 2. The summed E-state index contributed by atoms with van der Waals surface area (Å²) in [4.78, 5) is 8.18. The smallest absolute Gasteiger partial charge is 0.133 e. The van der Waals surface area contributed by atoms with Gasteiger partial charge < -0.3 is 5.32 Å². The third-order valence-corrected chi connectivity index (χ3v) is 2.13. The molecule has 0 amide bonds. The lowest BCUT2D eigenvalue weighted by Crippen LogP contribution is -1.94. The van der Waals surface area contributed by atoms with Crippen LogP contribution in [0.4, 0.5) is 11.5 Å². The molecule has 0 unspecified atom stereocenters. The fourth-order valence-corrected chi connectivity index (χ4v) is 1.31. The van der Waals surface area contributed by atoms with Crippen molar-refractivity contribution < 1.29 is 0 Å². The lowest BCUT2D eigenvalue weighted by atomic mass is 10.2. The summed E-state index contributed by atoms with van der Waals surface area (Å²) in [5.41, 5.74) is 3.25. The van der Waals surface area contributed by atoms with E-state index in [0.29, 0.717) is 0 Å². The van der Waals surface area contributed by atoms with Gasteiger partial charge in [-0.3, -0.25) is 0 Å². The first-order valence-electron chi connectivity index (χ1n) is 4.86. The zero-order chi connectivity index (χ0) is 10.7. The second-order valence-electron chi connectivity index (χ2n) is 3.54. The summed E-state index contributed by atoms with van der Waals surface area (Å²) < 4.78 is 0. The molecular formula is C12H13N3. The predicted octanol–water partition coefficient (Wildman–Crippen LogP) is 2.84. The molecule has 0 fully saturated rings. The van der Waals surface area contributed by atoms with E-state index in [0.717, 1.165) is 17.2 Å². The van der Waals surface area contributed by atoms with Crippen LogP contribution in [0.25, 0.3) is 0 Å². The van der Waals surface area contributed by atoms with Crippen molar-refractivity contribution in [1.82, 2.24) is 9.97 Å². The van der Waals surface area contributed by atoms with Crippen molar-refractivity contribution in [3.8, 4) is 0 Å². The van der Waals surface area contributed by atoms with Gasteiger partial charge in [0, 0.05) is 17.4 Å². The van der Waals surface area contributed by atoms with E-state index in [1.54, 1.807) is 6.33 Å². The third kappa shape index (κ3) is 2.53. The van der Waals surface area contributed by atoms with Crippen molar-refractivity contribution >= 4 is 11.5 Å². The molecule has 0 atom stereocenters. The normalized spacial score (nSPS) is 10.0. The Labute approximate surface area is 89.2 Å². The molecule has 3 nitrogen and oxygen atoms in total. The molecule has 0 spiro atoms. The molecule has 1 aromatic heterocycles. The van der Waals surface area contributed by atoms with Crippen LogP contribution >= 0.6 is 0 Å². The number of aromatic nitrogens is 2. The van der Waals surface area contributed by atoms with E-state index in [-0.39, 0.29) is 0 Å². The second-order valence-corrected chi connectivity index (χ2v) is 3.54. The van der Waals surface area contributed by atoms with Gasteiger partial charge in [0.2, 0.25) is 0 Å². The Kier molecular flexibility index (Phi) is 2.63. The summed E-state index contributed by atoms with van der Waals surface area (Å²) in [6.45, 7) is 4.01. The molecule has 15 heavy (non-hydrogen) atoms. The minimum absolute atomic E-state index is 0.825. The number of anilines is 2. The summed E-state index contributed by atoms with van der Waals surface area (Å²) in [5.74, 6) is 0.825. The number of hydrogen-bond donors (Lipinski definition) is 1. The summed E-state index contributed by atoms with van der Waals surface area (Å²) in [7, 11) is 0.